The molecule has 3 rings (SSSR count). The Bertz CT molecular complexity index is 868. The first-order chi connectivity index (χ1) is 11.0. The van der Waals surface area contributed by atoms with Crippen molar-refractivity contribution in [1.29, 1.82) is 0 Å². The number of ketones is 1. The predicted octanol–water partition coefficient (Wildman–Crippen LogP) is 3.56. The summed E-state index contributed by atoms with van der Waals surface area (Å²) in [5.74, 6) is 0.0214. The Morgan fingerprint density at radius 1 is 1.22 bits per heavy atom. The lowest BCUT2D eigenvalue weighted by molar-refractivity contribution is 0.101. The van der Waals surface area contributed by atoms with Gasteiger partial charge in [-0.25, -0.2) is 4.98 Å². The van der Waals surface area contributed by atoms with Gasteiger partial charge in [-0.05, 0) is 6.92 Å². The molecule has 1 N–H and O–H groups in total. The van der Waals surface area contributed by atoms with Gasteiger partial charge in [0, 0.05) is 18.6 Å². The van der Waals surface area contributed by atoms with E-state index in [1.54, 1.807) is 6.92 Å². The number of aromatic nitrogens is 2. The fourth-order valence-electron chi connectivity index (χ4n) is 2.04. The summed E-state index contributed by atoms with van der Waals surface area (Å²) < 4.78 is 4.88. The third kappa shape index (κ3) is 3.19. The van der Waals surface area contributed by atoms with E-state index in [4.69, 9.17) is 4.52 Å². The minimum absolute atomic E-state index is 0.0980. The average Bonchev–Trinajstić information content (AvgIpc) is 3.15. The number of amides is 1. The largest absolute Gasteiger partial charge is 0.361 e. The zero-order chi connectivity index (χ0) is 16.4. The van der Waals surface area contributed by atoms with Crippen LogP contribution in [0.3, 0.4) is 0 Å². The molecule has 0 radical (unpaired) electrons. The summed E-state index contributed by atoms with van der Waals surface area (Å²) in [5, 5.41) is 6.65. The Labute approximate surface area is 136 Å². The summed E-state index contributed by atoms with van der Waals surface area (Å²) in [6, 6.07) is 10.9. The summed E-state index contributed by atoms with van der Waals surface area (Å²) in [4.78, 5) is 28.8. The maximum Gasteiger partial charge on any atom is 0.279 e. The number of aryl methyl sites for hydroxylation is 1. The maximum atomic E-state index is 12.1. The van der Waals surface area contributed by atoms with Crippen LogP contribution in [0.25, 0.3) is 11.3 Å². The van der Waals surface area contributed by atoms with E-state index in [0.717, 1.165) is 16.9 Å². The highest BCUT2D eigenvalue weighted by Gasteiger charge is 2.19. The number of Topliss-reactive ketones (excluding diaryl/α,β-unsaturated/α-hetero) is 1. The molecule has 23 heavy (non-hydrogen) atoms. The van der Waals surface area contributed by atoms with Gasteiger partial charge in [-0.3, -0.25) is 14.9 Å². The topological polar surface area (TPSA) is 85.1 Å². The van der Waals surface area contributed by atoms with Crippen LogP contribution in [0.1, 0.15) is 32.8 Å². The van der Waals surface area contributed by atoms with Crippen molar-refractivity contribution in [3.8, 4) is 11.3 Å². The zero-order valence-electron chi connectivity index (χ0n) is 12.5. The van der Waals surface area contributed by atoms with E-state index in [-0.39, 0.29) is 11.5 Å². The fourth-order valence-corrected chi connectivity index (χ4v) is 2.92. The number of nitrogens with one attached hydrogen (secondary N) is 1. The average molecular weight is 327 g/mol. The van der Waals surface area contributed by atoms with E-state index >= 15 is 0 Å². The normalized spacial score (nSPS) is 10.5. The molecule has 1 aromatic carbocycles. The molecule has 0 aliphatic rings. The van der Waals surface area contributed by atoms with Gasteiger partial charge in [-0.15, -0.1) is 0 Å². The van der Waals surface area contributed by atoms with Crippen LogP contribution in [0.4, 0.5) is 5.13 Å². The number of hydrogen-bond acceptors (Lipinski definition) is 6. The van der Waals surface area contributed by atoms with Gasteiger partial charge in [0.25, 0.3) is 5.91 Å². The smallest absolute Gasteiger partial charge is 0.279 e. The van der Waals surface area contributed by atoms with E-state index < -0.39 is 5.91 Å². The maximum absolute atomic E-state index is 12.1. The first kappa shape index (κ1) is 15.1. The van der Waals surface area contributed by atoms with Crippen molar-refractivity contribution in [3.05, 3.63) is 52.7 Å². The van der Waals surface area contributed by atoms with E-state index in [0.29, 0.717) is 21.5 Å². The first-order valence-corrected chi connectivity index (χ1v) is 7.68. The van der Waals surface area contributed by atoms with Crippen molar-refractivity contribution in [2.24, 2.45) is 0 Å². The Morgan fingerprint density at radius 2 is 1.96 bits per heavy atom. The highest BCUT2D eigenvalue weighted by atomic mass is 32.1. The third-order valence-corrected chi connectivity index (χ3v) is 4.15. The van der Waals surface area contributed by atoms with Crippen molar-refractivity contribution >= 4 is 28.2 Å². The number of carbonyl (C=O) groups is 2. The first-order valence-electron chi connectivity index (χ1n) is 6.86. The number of benzene rings is 1. The quantitative estimate of drug-likeness (QED) is 0.741. The number of carbonyl (C=O) groups excluding carboxylic acids is 2. The van der Waals surface area contributed by atoms with Gasteiger partial charge in [-0.2, -0.15) is 0 Å². The van der Waals surface area contributed by atoms with Crippen molar-refractivity contribution < 1.29 is 14.1 Å². The second kappa shape index (κ2) is 6.13. The molecule has 0 unspecified atom stereocenters. The molecule has 0 spiro atoms. The van der Waals surface area contributed by atoms with Crippen LogP contribution in [-0.2, 0) is 0 Å². The molecular weight excluding hydrogens is 314 g/mol. The van der Waals surface area contributed by atoms with Gasteiger partial charge in [0.05, 0.1) is 10.6 Å². The molecule has 2 aromatic heterocycles. The molecule has 0 aliphatic heterocycles. The van der Waals surface area contributed by atoms with Gasteiger partial charge in [-0.1, -0.05) is 46.8 Å². The second-order valence-electron chi connectivity index (χ2n) is 4.90. The summed E-state index contributed by atoms with van der Waals surface area (Å²) in [7, 11) is 0. The Hall–Kier alpha value is -2.80. The SMILES string of the molecule is CC(=O)c1sc(NC(=O)c2cc(C)on2)nc1-c1ccccc1. The van der Waals surface area contributed by atoms with E-state index in [2.05, 4.69) is 15.5 Å². The van der Waals surface area contributed by atoms with Crippen LogP contribution >= 0.6 is 11.3 Å². The fraction of sp³-hybridized carbons (Fsp3) is 0.125. The van der Waals surface area contributed by atoms with Crippen LogP contribution in [-0.4, -0.2) is 21.8 Å². The molecule has 3 aromatic rings. The van der Waals surface area contributed by atoms with Crippen LogP contribution in [0, 0.1) is 6.92 Å². The van der Waals surface area contributed by atoms with Crippen molar-refractivity contribution in [3.63, 3.8) is 0 Å². The van der Waals surface area contributed by atoms with E-state index in [1.807, 2.05) is 30.3 Å². The highest BCUT2D eigenvalue weighted by Crippen LogP contribution is 2.31. The highest BCUT2D eigenvalue weighted by molar-refractivity contribution is 7.18. The minimum Gasteiger partial charge on any atom is -0.361 e. The molecule has 0 saturated heterocycles. The Kier molecular flexibility index (Phi) is 4.03. The molecule has 0 saturated carbocycles. The van der Waals surface area contributed by atoms with Gasteiger partial charge < -0.3 is 4.52 Å². The number of nitrogens with zero attached hydrogens (tertiary/aromatic N) is 2. The van der Waals surface area contributed by atoms with Gasteiger partial charge in [0.2, 0.25) is 0 Å². The van der Waals surface area contributed by atoms with Crippen molar-refractivity contribution in [2.75, 3.05) is 5.32 Å². The Morgan fingerprint density at radius 3 is 2.57 bits per heavy atom. The van der Waals surface area contributed by atoms with Crippen LogP contribution in [0.2, 0.25) is 0 Å². The van der Waals surface area contributed by atoms with Crippen LogP contribution in [0.5, 0.6) is 0 Å². The standard InChI is InChI=1S/C16H13N3O3S/c1-9-8-12(19-22-9)15(21)18-16-17-13(14(23-16)10(2)20)11-6-4-3-5-7-11/h3-8H,1-2H3,(H,17,18,21). The molecule has 0 fully saturated rings. The van der Waals surface area contributed by atoms with E-state index in [9.17, 15) is 9.59 Å². The van der Waals surface area contributed by atoms with E-state index in [1.165, 1.54) is 13.0 Å². The molecule has 7 heteroatoms. The molecule has 2 heterocycles. The van der Waals surface area contributed by atoms with Gasteiger partial charge >= 0.3 is 0 Å². The van der Waals surface area contributed by atoms with Gasteiger partial charge in [0.1, 0.15) is 5.76 Å². The lowest BCUT2D eigenvalue weighted by Crippen LogP contribution is -2.11. The monoisotopic (exact) mass is 327 g/mol. The summed E-state index contributed by atoms with van der Waals surface area (Å²) in [6.45, 7) is 3.18. The Balaban J connectivity index is 1.92. The molecular formula is C16H13N3O3S. The lowest BCUT2D eigenvalue weighted by Gasteiger charge is -1.98. The number of anilines is 1. The third-order valence-electron chi connectivity index (χ3n) is 3.08. The number of hydrogen-bond donors (Lipinski definition) is 1. The zero-order valence-corrected chi connectivity index (χ0v) is 13.3. The molecule has 0 aliphatic carbocycles. The second-order valence-corrected chi connectivity index (χ2v) is 5.89. The lowest BCUT2D eigenvalue weighted by atomic mass is 10.1. The molecule has 1 amide bonds. The van der Waals surface area contributed by atoms with Crippen LogP contribution < -0.4 is 5.32 Å². The molecule has 0 atom stereocenters. The number of thiazole rings is 1. The number of rotatable bonds is 4. The summed E-state index contributed by atoms with van der Waals surface area (Å²) in [5.41, 5.74) is 1.56. The molecule has 116 valence electrons. The van der Waals surface area contributed by atoms with Crippen LogP contribution in [0.15, 0.2) is 40.9 Å². The van der Waals surface area contributed by atoms with Gasteiger partial charge in [0.15, 0.2) is 16.6 Å². The summed E-state index contributed by atoms with van der Waals surface area (Å²) in [6.07, 6.45) is 0. The van der Waals surface area contributed by atoms with Crippen molar-refractivity contribution in [2.45, 2.75) is 13.8 Å². The molecule has 0 bridgehead atoms. The predicted molar refractivity (Wildman–Crippen MR) is 86.7 cm³/mol. The minimum atomic E-state index is -0.426. The van der Waals surface area contributed by atoms with Crippen molar-refractivity contribution in [1.82, 2.24) is 10.1 Å². The summed E-state index contributed by atoms with van der Waals surface area (Å²) >= 11 is 1.14. The molecule has 6 nitrogen and oxygen atoms in total.